The number of H-pyrrole nitrogens is 1. The number of para-hydroxylation sites is 1. The van der Waals surface area contributed by atoms with E-state index in [9.17, 15) is 9.90 Å². The number of fused-ring (bicyclic) bond motifs is 3. The van der Waals surface area contributed by atoms with Crippen molar-refractivity contribution in [2.24, 2.45) is 0 Å². The maximum Gasteiger partial charge on any atom is 0.317 e. The highest BCUT2D eigenvalue weighted by Crippen LogP contribution is 2.38. The van der Waals surface area contributed by atoms with E-state index in [0.29, 0.717) is 0 Å². The fourth-order valence-electron chi connectivity index (χ4n) is 3.97. The van der Waals surface area contributed by atoms with E-state index >= 15 is 0 Å². The van der Waals surface area contributed by atoms with Crippen LogP contribution < -0.4 is 4.90 Å². The number of carbonyl (C=O) groups is 1. The van der Waals surface area contributed by atoms with Gasteiger partial charge in [-0.1, -0.05) is 30.3 Å². The highest BCUT2D eigenvalue weighted by atomic mass is 16.4. The van der Waals surface area contributed by atoms with Gasteiger partial charge in [0.05, 0.1) is 12.6 Å². The molecule has 2 heterocycles. The maximum atomic E-state index is 11.4. The zero-order chi connectivity index (χ0) is 18.3. The molecule has 3 aromatic rings. The van der Waals surface area contributed by atoms with Crippen molar-refractivity contribution in [3.63, 3.8) is 0 Å². The van der Waals surface area contributed by atoms with Gasteiger partial charge in [-0.2, -0.15) is 0 Å². The van der Waals surface area contributed by atoms with Crippen LogP contribution in [0, 0.1) is 0 Å². The lowest BCUT2D eigenvalue weighted by Crippen LogP contribution is -2.39. The summed E-state index contributed by atoms with van der Waals surface area (Å²) in [5.74, 6) is -0.792. The van der Waals surface area contributed by atoms with Crippen LogP contribution in [0.4, 0.5) is 5.69 Å². The molecule has 0 radical (unpaired) electrons. The number of nitrogens with zero attached hydrogens (tertiary/aromatic N) is 2. The van der Waals surface area contributed by atoms with Gasteiger partial charge < -0.3 is 15.0 Å². The van der Waals surface area contributed by atoms with E-state index in [1.807, 2.05) is 25.1 Å². The predicted octanol–water partition coefficient (Wildman–Crippen LogP) is 3.27. The largest absolute Gasteiger partial charge is 0.480 e. The van der Waals surface area contributed by atoms with Crippen LogP contribution in [0.5, 0.6) is 0 Å². The van der Waals surface area contributed by atoms with Crippen molar-refractivity contribution in [2.75, 3.05) is 32.1 Å². The molecule has 0 saturated carbocycles. The third-order valence-electron chi connectivity index (χ3n) is 5.20. The molecule has 1 aromatic heterocycles. The summed E-state index contributed by atoms with van der Waals surface area (Å²) >= 11 is 0. The average molecular weight is 349 g/mol. The van der Waals surface area contributed by atoms with Crippen LogP contribution in [0.1, 0.15) is 22.9 Å². The molecule has 2 N–H and O–H groups in total. The Morgan fingerprint density at radius 2 is 1.92 bits per heavy atom. The Labute approximate surface area is 152 Å². The van der Waals surface area contributed by atoms with Crippen molar-refractivity contribution in [1.29, 1.82) is 0 Å². The van der Waals surface area contributed by atoms with Gasteiger partial charge in [0.1, 0.15) is 0 Å². The molecule has 0 aliphatic carbocycles. The van der Waals surface area contributed by atoms with Crippen LogP contribution in [0.15, 0.2) is 48.5 Å². The molecule has 0 amide bonds. The zero-order valence-electron chi connectivity index (χ0n) is 15.1. The second-order valence-corrected chi connectivity index (χ2v) is 7.07. The Morgan fingerprint density at radius 1 is 1.19 bits per heavy atom. The SMILES string of the molecule is CN(C)c1ccc(C2c3[nH]c4ccccc4c3CCN2CC(=O)O)cc1. The Balaban J connectivity index is 1.83. The number of anilines is 1. The molecule has 4 rings (SSSR count). The highest BCUT2D eigenvalue weighted by Gasteiger charge is 2.32. The summed E-state index contributed by atoms with van der Waals surface area (Å²) in [6, 6.07) is 16.6. The molecule has 1 aliphatic rings. The number of rotatable bonds is 4. The molecular weight excluding hydrogens is 326 g/mol. The summed E-state index contributed by atoms with van der Waals surface area (Å²) in [7, 11) is 4.03. The van der Waals surface area contributed by atoms with E-state index < -0.39 is 5.97 Å². The van der Waals surface area contributed by atoms with Gasteiger partial charge in [-0.25, -0.2) is 0 Å². The molecule has 0 bridgehead atoms. The van der Waals surface area contributed by atoms with Crippen molar-refractivity contribution in [3.8, 4) is 0 Å². The molecular formula is C21H23N3O2. The van der Waals surface area contributed by atoms with E-state index in [4.69, 9.17) is 0 Å². The first-order chi connectivity index (χ1) is 12.5. The summed E-state index contributed by atoms with van der Waals surface area (Å²) in [5, 5.41) is 10.6. The second kappa shape index (κ2) is 6.50. The van der Waals surface area contributed by atoms with Gasteiger partial charge in [-0.3, -0.25) is 9.69 Å². The molecule has 26 heavy (non-hydrogen) atoms. The van der Waals surface area contributed by atoms with Gasteiger partial charge >= 0.3 is 5.97 Å². The second-order valence-electron chi connectivity index (χ2n) is 7.07. The molecule has 0 spiro atoms. The van der Waals surface area contributed by atoms with Crippen LogP contribution in [0.25, 0.3) is 10.9 Å². The number of carboxylic acids is 1. The Morgan fingerprint density at radius 3 is 2.62 bits per heavy atom. The molecule has 1 unspecified atom stereocenters. The van der Waals surface area contributed by atoms with E-state index in [0.717, 1.165) is 35.4 Å². The predicted molar refractivity (Wildman–Crippen MR) is 104 cm³/mol. The molecule has 1 aliphatic heterocycles. The third-order valence-corrected chi connectivity index (χ3v) is 5.20. The topological polar surface area (TPSA) is 59.6 Å². The molecule has 5 nitrogen and oxygen atoms in total. The number of benzene rings is 2. The van der Waals surface area contributed by atoms with Crippen molar-refractivity contribution < 1.29 is 9.90 Å². The average Bonchev–Trinajstić information content (AvgIpc) is 2.99. The van der Waals surface area contributed by atoms with E-state index in [-0.39, 0.29) is 12.6 Å². The standard InChI is InChI=1S/C21H23N3O2/c1-23(2)15-9-7-14(8-10-15)21-20-17(11-12-24(21)13-19(25)26)16-5-3-4-6-18(16)22-20/h3-10,21-22H,11-13H2,1-2H3,(H,25,26). The van der Waals surface area contributed by atoms with Gasteiger partial charge in [0, 0.05) is 42.9 Å². The third kappa shape index (κ3) is 2.84. The Kier molecular flexibility index (Phi) is 4.17. The molecule has 0 saturated heterocycles. The number of aliphatic carboxylic acids is 1. The van der Waals surface area contributed by atoms with Crippen molar-refractivity contribution in [2.45, 2.75) is 12.5 Å². The van der Waals surface area contributed by atoms with E-state index in [2.05, 4.69) is 52.3 Å². The van der Waals surface area contributed by atoms with E-state index in [1.54, 1.807) is 0 Å². The molecule has 134 valence electrons. The molecule has 5 heteroatoms. The van der Waals surface area contributed by atoms with Crippen molar-refractivity contribution in [3.05, 3.63) is 65.4 Å². The summed E-state index contributed by atoms with van der Waals surface area (Å²) in [6.45, 7) is 0.774. The summed E-state index contributed by atoms with van der Waals surface area (Å²) < 4.78 is 0. The van der Waals surface area contributed by atoms with Gasteiger partial charge in [-0.05, 0) is 35.7 Å². The number of hydrogen-bond donors (Lipinski definition) is 2. The van der Waals surface area contributed by atoms with Gasteiger partial charge in [-0.15, -0.1) is 0 Å². The Hall–Kier alpha value is -2.79. The van der Waals surface area contributed by atoms with Crippen LogP contribution >= 0.6 is 0 Å². The number of nitrogens with one attached hydrogen (secondary N) is 1. The minimum Gasteiger partial charge on any atom is -0.480 e. The lowest BCUT2D eigenvalue weighted by molar-refractivity contribution is -0.138. The fourth-order valence-corrected chi connectivity index (χ4v) is 3.97. The normalized spacial score (nSPS) is 17.2. The highest BCUT2D eigenvalue weighted by molar-refractivity contribution is 5.85. The van der Waals surface area contributed by atoms with Crippen molar-refractivity contribution >= 4 is 22.6 Å². The zero-order valence-corrected chi connectivity index (χ0v) is 15.1. The first-order valence-electron chi connectivity index (χ1n) is 8.87. The van der Waals surface area contributed by atoms with Crippen LogP contribution in [-0.4, -0.2) is 48.1 Å². The number of carboxylic acid groups (broad SMARTS) is 1. The quantitative estimate of drug-likeness (QED) is 0.759. The first-order valence-corrected chi connectivity index (χ1v) is 8.87. The molecule has 1 atom stereocenters. The number of hydrogen-bond acceptors (Lipinski definition) is 3. The van der Waals surface area contributed by atoms with Crippen molar-refractivity contribution in [1.82, 2.24) is 9.88 Å². The summed E-state index contributed by atoms with van der Waals surface area (Å²) in [4.78, 5) is 19.1. The van der Waals surface area contributed by atoms with Crippen LogP contribution in [-0.2, 0) is 11.2 Å². The summed E-state index contributed by atoms with van der Waals surface area (Å²) in [5.41, 5.74) is 5.79. The van der Waals surface area contributed by atoms with E-state index in [1.165, 1.54) is 10.9 Å². The number of aromatic amines is 1. The fraction of sp³-hybridized carbons (Fsp3) is 0.286. The maximum absolute atomic E-state index is 11.4. The lowest BCUT2D eigenvalue weighted by atomic mass is 9.92. The lowest BCUT2D eigenvalue weighted by Gasteiger charge is -2.35. The Bertz CT molecular complexity index is 944. The van der Waals surface area contributed by atoms with Gasteiger partial charge in [0.25, 0.3) is 0 Å². The summed E-state index contributed by atoms with van der Waals surface area (Å²) in [6.07, 6.45) is 0.860. The minimum atomic E-state index is -0.792. The monoisotopic (exact) mass is 349 g/mol. The minimum absolute atomic E-state index is 0.0366. The smallest absolute Gasteiger partial charge is 0.317 e. The molecule has 0 fully saturated rings. The molecule has 2 aromatic carbocycles. The van der Waals surface area contributed by atoms with Crippen LogP contribution in [0.3, 0.4) is 0 Å². The number of aromatic nitrogens is 1. The van der Waals surface area contributed by atoms with Gasteiger partial charge in [0.15, 0.2) is 0 Å². The van der Waals surface area contributed by atoms with Crippen LogP contribution in [0.2, 0.25) is 0 Å². The first kappa shape index (κ1) is 16.7. The van der Waals surface area contributed by atoms with Gasteiger partial charge in [0.2, 0.25) is 0 Å².